The third kappa shape index (κ3) is 2.30. The molecule has 0 spiro atoms. The van der Waals surface area contributed by atoms with E-state index in [2.05, 4.69) is 5.32 Å². The van der Waals surface area contributed by atoms with Gasteiger partial charge in [-0.2, -0.15) is 0 Å². The highest BCUT2D eigenvalue weighted by molar-refractivity contribution is 6.42. The molecule has 0 radical (unpaired) electrons. The van der Waals surface area contributed by atoms with Gasteiger partial charge >= 0.3 is 0 Å². The summed E-state index contributed by atoms with van der Waals surface area (Å²) in [6.07, 6.45) is 0. The average molecular weight is 236 g/mol. The van der Waals surface area contributed by atoms with E-state index in [1.165, 1.54) is 12.1 Å². The lowest BCUT2D eigenvalue weighted by molar-refractivity contribution is 0.248. The van der Waals surface area contributed by atoms with Gasteiger partial charge in [0.25, 0.3) is 0 Å². The van der Waals surface area contributed by atoms with Crippen molar-refractivity contribution in [1.82, 2.24) is 5.32 Å². The first-order chi connectivity index (χ1) is 6.60. The van der Waals surface area contributed by atoms with Crippen LogP contribution in [0.2, 0.25) is 10.0 Å². The molecule has 0 aromatic heterocycles. The molecule has 1 aromatic carbocycles. The minimum absolute atomic E-state index is 0.0211. The van der Waals surface area contributed by atoms with Crippen molar-refractivity contribution in [2.45, 2.75) is 6.04 Å². The second-order valence-electron chi connectivity index (χ2n) is 2.85. The molecule has 0 heterocycles. The number of rotatable bonds is 3. The summed E-state index contributed by atoms with van der Waals surface area (Å²) in [5.74, 6) is 0.0211. The molecule has 1 rings (SSSR count). The zero-order valence-electron chi connectivity index (χ0n) is 7.59. The lowest BCUT2D eigenvalue weighted by atomic mass is 10.1. The number of nitrogens with one attached hydrogen (secondary N) is 1. The summed E-state index contributed by atoms with van der Waals surface area (Å²) in [5, 5.41) is 22.1. The van der Waals surface area contributed by atoms with Gasteiger partial charge in [-0.1, -0.05) is 23.2 Å². The van der Waals surface area contributed by atoms with Gasteiger partial charge in [0, 0.05) is 11.6 Å². The molecule has 3 N–H and O–H groups in total. The number of likely N-dealkylation sites (N-methyl/N-ethyl adjacent to an activating group) is 1. The number of hydrogen-bond acceptors (Lipinski definition) is 3. The van der Waals surface area contributed by atoms with Crippen LogP contribution in [0, 0.1) is 0 Å². The van der Waals surface area contributed by atoms with Gasteiger partial charge < -0.3 is 15.5 Å². The molecule has 78 valence electrons. The normalized spacial score (nSPS) is 12.9. The van der Waals surface area contributed by atoms with Crippen LogP contribution in [0.4, 0.5) is 0 Å². The van der Waals surface area contributed by atoms with Crippen LogP contribution >= 0.6 is 23.2 Å². The Morgan fingerprint density at radius 3 is 2.43 bits per heavy atom. The third-order valence-corrected chi connectivity index (χ3v) is 2.70. The van der Waals surface area contributed by atoms with Gasteiger partial charge in [-0.25, -0.2) is 0 Å². The first-order valence-electron chi connectivity index (χ1n) is 4.06. The number of hydrogen-bond donors (Lipinski definition) is 3. The number of phenols is 1. The number of aliphatic hydroxyl groups excluding tert-OH is 1. The van der Waals surface area contributed by atoms with Crippen LogP contribution in [-0.2, 0) is 0 Å². The van der Waals surface area contributed by atoms with E-state index in [-0.39, 0.29) is 18.4 Å². The molecule has 14 heavy (non-hydrogen) atoms. The van der Waals surface area contributed by atoms with Crippen LogP contribution in [-0.4, -0.2) is 23.9 Å². The summed E-state index contributed by atoms with van der Waals surface area (Å²) in [6.45, 7) is -0.123. The molecule has 3 nitrogen and oxygen atoms in total. The van der Waals surface area contributed by atoms with E-state index in [1.807, 2.05) is 0 Å². The van der Waals surface area contributed by atoms with Crippen molar-refractivity contribution in [3.05, 3.63) is 27.7 Å². The molecule has 0 aliphatic rings. The standard InChI is InChI=1S/C9H11Cl2NO2/c1-12-8(4-13)5-2-6(10)7(11)3-9(5)14/h2-3,8,12-14H,4H2,1H3. The van der Waals surface area contributed by atoms with Crippen molar-refractivity contribution < 1.29 is 10.2 Å². The maximum atomic E-state index is 9.55. The van der Waals surface area contributed by atoms with Crippen molar-refractivity contribution in [1.29, 1.82) is 0 Å². The zero-order valence-corrected chi connectivity index (χ0v) is 9.10. The van der Waals surface area contributed by atoms with Gasteiger partial charge in [0.2, 0.25) is 0 Å². The number of halogens is 2. The Labute approximate surface area is 92.3 Å². The maximum absolute atomic E-state index is 9.55. The summed E-state index contributed by atoms with van der Waals surface area (Å²) in [4.78, 5) is 0. The topological polar surface area (TPSA) is 52.5 Å². The fourth-order valence-electron chi connectivity index (χ4n) is 1.18. The summed E-state index contributed by atoms with van der Waals surface area (Å²) in [7, 11) is 1.68. The second-order valence-corrected chi connectivity index (χ2v) is 3.66. The van der Waals surface area contributed by atoms with E-state index >= 15 is 0 Å². The highest BCUT2D eigenvalue weighted by Crippen LogP contribution is 2.32. The van der Waals surface area contributed by atoms with Gasteiger partial charge in [0.15, 0.2) is 0 Å². The predicted octanol–water partition coefficient (Wildman–Crippen LogP) is 1.95. The van der Waals surface area contributed by atoms with Crippen LogP contribution in [0.15, 0.2) is 12.1 Å². The van der Waals surface area contributed by atoms with Crippen LogP contribution in [0.3, 0.4) is 0 Å². The number of benzene rings is 1. The SMILES string of the molecule is CNC(CO)c1cc(Cl)c(Cl)cc1O. The molecule has 0 amide bonds. The minimum Gasteiger partial charge on any atom is -0.508 e. The molecule has 0 fully saturated rings. The largest absolute Gasteiger partial charge is 0.508 e. The Balaban J connectivity index is 3.14. The van der Waals surface area contributed by atoms with Crippen LogP contribution < -0.4 is 5.32 Å². The Bertz CT molecular complexity index is 327. The summed E-state index contributed by atoms with van der Waals surface area (Å²) < 4.78 is 0. The first-order valence-corrected chi connectivity index (χ1v) is 4.81. The Morgan fingerprint density at radius 2 is 1.93 bits per heavy atom. The Hall–Kier alpha value is -0.480. The van der Waals surface area contributed by atoms with Crippen LogP contribution in [0.5, 0.6) is 5.75 Å². The minimum atomic E-state index is -0.343. The van der Waals surface area contributed by atoms with E-state index in [0.717, 1.165) is 0 Å². The Kier molecular flexibility index (Phi) is 4.01. The van der Waals surface area contributed by atoms with Gasteiger partial charge in [-0.05, 0) is 13.1 Å². The predicted molar refractivity (Wildman–Crippen MR) is 57.0 cm³/mol. The van der Waals surface area contributed by atoms with E-state index in [0.29, 0.717) is 15.6 Å². The molecule has 1 unspecified atom stereocenters. The summed E-state index contributed by atoms with van der Waals surface area (Å²) >= 11 is 11.5. The van der Waals surface area contributed by atoms with Gasteiger partial charge in [0.1, 0.15) is 5.75 Å². The third-order valence-electron chi connectivity index (χ3n) is 1.98. The molecule has 5 heteroatoms. The smallest absolute Gasteiger partial charge is 0.122 e. The fraction of sp³-hybridized carbons (Fsp3) is 0.333. The van der Waals surface area contributed by atoms with Crippen molar-refractivity contribution in [3.8, 4) is 5.75 Å². The van der Waals surface area contributed by atoms with Crippen LogP contribution in [0.25, 0.3) is 0 Å². The number of aliphatic hydroxyl groups is 1. The Morgan fingerprint density at radius 1 is 1.36 bits per heavy atom. The second kappa shape index (κ2) is 4.84. The first kappa shape index (κ1) is 11.6. The number of aromatic hydroxyl groups is 1. The monoisotopic (exact) mass is 235 g/mol. The maximum Gasteiger partial charge on any atom is 0.122 e. The quantitative estimate of drug-likeness (QED) is 0.751. The van der Waals surface area contributed by atoms with Crippen molar-refractivity contribution in [2.24, 2.45) is 0 Å². The van der Waals surface area contributed by atoms with Gasteiger partial charge in [-0.15, -0.1) is 0 Å². The van der Waals surface area contributed by atoms with Gasteiger partial charge in [-0.3, -0.25) is 0 Å². The zero-order chi connectivity index (χ0) is 10.7. The van der Waals surface area contributed by atoms with E-state index in [4.69, 9.17) is 28.3 Å². The molecule has 0 saturated carbocycles. The molecule has 0 aliphatic heterocycles. The highest BCUT2D eigenvalue weighted by Gasteiger charge is 2.14. The number of phenolic OH excluding ortho intramolecular Hbond substituents is 1. The molecule has 1 aromatic rings. The lowest BCUT2D eigenvalue weighted by Gasteiger charge is -2.15. The van der Waals surface area contributed by atoms with Crippen LogP contribution in [0.1, 0.15) is 11.6 Å². The average Bonchev–Trinajstić information content (AvgIpc) is 2.15. The van der Waals surface area contributed by atoms with E-state index < -0.39 is 0 Å². The highest BCUT2D eigenvalue weighted by atomic mass is 35.5. The summed E-state index contributed by atoms with van der Waals surface area (Å²) in [6, 6.07) is 2.56. The summed E-state index contributed by atoms with van der Waals surface area (Å²) in [5.41, 5.74) is 0.532. The molecular weight excluding hydrogens is 225 g/mol. The van der Waals surface area contributed by atoms with Gasteiger partial charge in [0.05, 0.1) is 22.7 Å². The van der Waals surface area contributed by atoms with Crippen molar-refractivity contribution in [3.63, 3.8) is 0 Å². The fourth-order valence-corrected chi connectivity index (χ4v) is 1.51. The van der Waals surface area contributed by atoms with Crippen molar-refractivity contribution >= 4 is 23.2 Å². The lowest BCUT2D eigenvalue weighted by Crippen LogP contribution is -2.20. The molecule has 0 bridgehead atoms. The molecule has 1 atom stereocenters. The molecular formula is C9H11Cl2NO2. The molecule has 0 aliphatic carbocycles. The van der Waals surface area contributed by atoms with E-state index in [9.17, 15) is 5.11 Å². The van der Waals surface area contributed by atoms with Crippen molar-refractivity contribution in [2.75, 3.05) is 13.7 Å². The molecule has 0 saturated heterocycles. The van der Waals surface area contributed by atoms with E-state index in [1.54, 1.807) is 7.05 Å².